The first-order chi connectivity index (χ1) is 7.87. The Morgan fingerprint density at radius 3 is 2.76 bits per heavy atom. The molecule has 0 aromatic heterocycles. The van der Waals surface area contributed by atoms with Gasteiger partial charge in [-0.15, -0.1) is 0 Å². The topological polar surface area (TPSA) is 72.5 Å². The largest absolute Gasteiger partial charge is 0.463 e. The summed E-state index contributed by atoms with van der Waals surface area (Å²) in [5, 5.41) is 3.14. The number of ether oxygens (including phenoxy) is 1. The second-order valence-corrected chi connectivity index (χ2v) is 6.62. The molecule has 0 spiro atoms. The molecule has 0 saturated carbocycles. The molecule has 1 saturated heterocycles. The van der Waals surface area contributed by atoms with E-state index >= 15 is 0 Å². The van der Waals surface area contributed by atoms with Gasteiger partial charge in [0.25, 0.3) is 0 Å². The molecule has 1 heterocycles. The van der Waals surface area contributed by atoms with Gasteiger partial charge in [0.2, 0.25) is 0 Å². The monoisotopic (exact) mass is 261 g/mol. The van der Waals surface area contributed by atoms with Gasteiger partial charge in [-0.3, -0.25) is 0 Å². The van der Waals surface area contributed by atoms with Crippen molar-refractivity contribution in [3.63, 3.8) is 0 Å². The van der Waals surface area contributed by atoms with Gasteiger partial charge < -0.3 is 10.1 Å². The zero-order chi connectivity index (χ0) is 12.9. The van der Waals surface area contributed by atoms with Crippen LogP contribution < -0.4 is 5.32 Å². The zero-order valence-electron chi connectivity index (χ0n) is 10.2. The number of hydrogen-bond acceptors (Lipinski definition) is 5. The summed E-state index contributed by atoms with van der Waals surface area (Å²) in [7, 11) is -2.89. The van der Waals surface area contributed by atoms with Gasteiger partial charge >= 0.3 is 5.97 Å². The Labute approximate surface area is 102 Å². The Hall–Kier alpha value is -0.880. The Morgan fingerprint density at radius 2 is 2.24 bits per heavy atom. The van der Waals surface area contributed by atoms with Crippen LogP contribution in [0.15, 0.2) is 12.2 Å². The molecule has 0 radical (unpaired) electrons. The van der Waals surface area contributed by atoms with Crippen molar-refractivity contribution in [2.75, 3.05) is 24.7 Å². The fourth-order valence-electron chi connectivity index (χ4n) is 1.80. The van der Waals surface area contributed by atoms with E-state index in [-0.39, 0.29) is 23.0 Å². The molecule has 0 aromatic rings. The SMILES string of the molecule is CCOC(=O)/C=C/CNC1(C)CCS(=O)(=O)C1. The maximum absolute atomic E-state index is 11.3. The van der Waals surface area contributed by atoms with Crippen molar-refractivity contribution in [3.05, 3.63) is 12.2 Å². The molecule has 1 rings (SSSR count). The van der Waals surface area contributed by atoms with Gasteiger partial charge in [0.15, 0.2) is 9.84 Å². The Morgan fingerprint density at radius 1 is 1.53 bits per heavy atom. The smallest absolute Gasteiger partial charge is 0.330 e. The van der Waals surface area contributed by atoms with Gasteiger partial charge in [0, 0.05) is 18.2 Å². The molecule has 17 heavy (non-hydrogen) atoms. The van der Waals surface area contributed by atoms with Crippen molar-refractivity contribution < 1.29 is 17.9 Å². The van der Waals surface area contributed by atoms with E-state index in [2.05, 4.69) is 5.32 Å². The summed E-state index contributed by atoms with van der Waals surface area (Å²) in [5.41, 5.74) is -0.377. The average molecular weight is 261 g/mol. The minimum Gasteiger partial charge on any atom is -0.463 e. The van der Waals surface area contributed by atoms with E-state index in [0.717, 1.165) is 0 Å². The number of sulfone groups is 1. The highest BCUT2D eigenvalue weighted by Gasteiger charge is 2.37. The minimum atomic E-state index is -2.89. The minimum absolute atomic E-state index is 0.160. The maximum atomic E-state index is 11.3. The van der Waals surface area contributed by atoms with Gasteiger partial charge in [-0.05, 0) is 20.3 Å². The fourth-order valence-corrected chi connectivity index (χ4v) is 3.92. The van der Waals surface area contributed by atoms with Crippen LogP contribution in [-0.2, 0) is 19.4 Å². The number of rotatable bonds is 5. The Balaban J connectivity index is 2.34. The number of nitrogens with one attached hydrogen (secondary N) is 1. The summed E-state index contributed by atoms with van der Waals surface area (Å²) >= 11 is 0. The lowest BCUT2D eigenvalue weighted by Gasteiger charge is -2.22. The summed E-state index contributed by atoms with van der Waals surface area (Å²) in [4.78, 5) is 11.0. The molecule has 0 bridgehead atoms. The van der Waals surface area contributed by atoms with Crippen LogP contribution in [0.1, 0.15) is 20.3 Å². The van der Waals surface area contributed by atoms with Crippen LogP contribution in [0.2, 0.25) is 0 Å². The van der Waals surface area contributed by atoms with Crippen LogP contribution in [0, 0.1) is 0 Å². The molecule has 1 N–H and O–H groups in total. The molecular formula is C11H19NO4S. The van der Waals surface area contributed by atoms with Crippen LogP contribution in [0.25, 0.3) is 0 Å². The quantitative estimate of drug-likeness (QED) is 0.568. The van der Waals surface area contributed by atoms with E-state index in [9.17, 15) is 13.2 Å². The second kappa shape index (κ2) is 5.64. The van der Waals surface area contributed by atoms with E-state index < -0.39 is 9.84 Å². The first kappa shape index (κ1) is 14.2. The molecule has 98 valence electrons. The average Bonchev–Trinajstić information content (AvgIpc) is 2.49. The van der Waals surface area contributed by atoms with Gasteiger partial charge in [-0.1, -0.05) is 6.08 Å². The number of carbonyl (C=O) groups is 1. The number of carbonyl (C=O) groups excluding carboxylic acids is 1. The molecule has 1 fully saturated rings. The number of esters is 1. The van der Waals surface area contributed by atoms with Crippen molar-refractivity contribution in [2.45, 2.75) is 25.8 Å². The first-order valence-electron chi connectivity index (χ1n) is 5.66. The van der Waals surface area contributed by atoms with Crippen molar-refractivity contribution in [1.29, 1.82) is 0 Å². The summed E-state index contributed by atoms with van der Waals surface area (Å²) in [6, 6.07) is 0. The summed E-state index contributed by atoms with van der Waals surface area (Å²) in [5.74, 6) is 0.0178. The third-order valence-corrected chi connectivity index (χ3v) is 4.59. The van der Waals surface area contributed by atoms with Crippen LogP contribution in [0.5, 0.6) is 0 Å². The fraction of sp³-hybridized carbons (Fsp3) is 0.727. The van der Waals surface area contributed by atoms with Gasteiger partial charge in [-0.25, -0.2) is 13.2 Å². The van der Waals surface area contributed by atoms with Crippen LogP contribution in [0.3, 0.4) is 0 Å². The van der Waals surface area contributed by atoms with Gasteiger partial charge in [0.05, 0.1) is 18.1 Å². The summed E-state index contributed by atoms with van der Waals surface area (Å²) in [6.07, 6.45) is 3.61. The molecule has 0 aliphatic carbocycles. The van der Waals surface area contributed by atoms with E-state index in [0.29, 0.717) is 19.6 Å². The normalized spacial score (nSPS) is 27.4. The van der Waals surface area contributed by atoms with E-state index in [1.165, 1.54) is 6.08 Å². The second-order valence-electron chi connectivity index (χ2n) is 4.44. The molecule has 1 unspecified atom stereocenters. The molecule has 0 aromatic carbocycles. The first-order valence-corrected chi connectivity index (χ1v) is 7.48. The van der Waals surface area contributed by atoms with Gasteiger partial charge in [-0.2, -0.15) is 0 Å². The van der Waals surface area contributed by atoms with Gasteiger partial charge in [0.1, 0.15) is 0 Å². The standard InChI is InChI=1S/C11H19NO4S/c1-3-16-10(13)5-4-7-12-11(2)6-8-17(14,15)9-11/h4-5,12H,3,6-9H2,1-2H3/b5-4+. The zero-order valence-corrected chi connectivity index (χ0v) is 11.0. The number of hydrogen-bond donors (Lipinski definition) is 1. The molecular weight excluding hydrogens is 242 g/mol. The molecule has 1 atom stereocenters. The van der Waals surface area contributed by atoms with Crippen molar-refractivity contribution in [1.82, 2.24) is 5.32 Å². The highest BCUT2D eigenvalue weighted by Crippen LogP contribution is 2.22. The predicted molar refractivity (Wildman–Crippen MR) is 65.5 cm³/mol. The highest BCUT2D eigenvalue weighted by atomic mass is 32.2. The van der Waals surface area contributed by atoms with E-state index in [1.54, 1.807) is 13.0 Å². The Bertz CT molecular complexity index is 402. The Kier molecular flexibility index (Phi) is 4.70. The maximum Gasteiger partial charge on any atom is 0.330 e. The lowest BCUT2D eigenvalue weighted by Crippen LogP contribution is -2.43. The summed E-state index contributed by atoms with van der Waals surface area (Å²) in [6.45, 7) is 4.45. The summed E-state index contributed by atoms with van der Waals surface area (Å²) < 4.78 is 27.4. The highest BCUT2D eigenvalue weighted by molar-refractivity contribution is 7.91. The lowest BCUT2D eigenvalue weighted by molar-refractivity contribution is -0.137. The van der Waals surface area contributed by atoms with Crippen molar-refractivity contribution >= 4 is 15.8 Å². The molecule has 1 aliphatic heterocycles. The third kappa shape index (κ3) is 4.87. The van der Waals surface area contributed by atoms with E-state index in [4.69, 9.17) is 4.74 Å². The molecule has 6 heteroatoms. The predicted octanol–water partition coefficient (Wildman–Crippen LogP) is 0.272. The van der Waals surface area contributed by atoms with Crippen LogP contribution >= 0.6 is 0 Å². The van der Waals surface area contributed by atoms with Crippen molar-refractivity contribution in [3.8, 4) is 0 Å². The third-order valence-electron chi connectivity index (χ3n) is 2.69. The molecule has 1 aliphatic rings. The van der Waals surface area contributed by atoms with Crippen molar-refractivity contribution in [2.24, 2.45) is 0 Å². The molecule has 0 amide bonds. The van der Waals surface area contributed by atoms with Crippen LogP contribution in [0.4, 0.5) is 0 Å². The molecule has 5 nitrogen and oxygen atoms in total. The lowest BCUT2D eigenvalue weighted by atomic mass is 10.0. The van der Waals surface area contributed by atoms with Crippen LogP contribution in [-0.4, -0.2) is 44.6 Å². The van der Waals surface area contributed by atoms with E-state index in [1.807, 2.05) is 6.92 Å².